The first-order chi connectivity index (χ1) is 9.65. The lowest BCUT2D eigenvalue weighted by Crippen LogP contribution is -2.02. The molecule has 0 aliphatic heterocycles. The van der Waals surface area contributed by atoms with Crippen molar-refractivity contribution in [1.29, 1.82) is 0 Å². The maximum atomic E-state index is 13.1. The molecule has 0 aliphatic rings. The van der Waals surface area contributed by atoms with Gasteiger partial charge in [0.25, 0.3) is 0 Å². The highest BCUT2D eigenvalue weighted by Crippen LogP contribution is 2.33. The van der Waals surface area contributed by atoms with Gasteiger partial charge in [0, 0.05) is 17.0 Å². The molecule has 4 heteroatoms. The van der Waals surface area contributed by atoms with Crippen LogP contribution < -0.4 is 10.5 Å². The van der Waals surface area contributed by atoms with E-state index in [4.69, 9.17) is 10.5 Å². The van der Waals surface area contributed by atoms with Crippen LogP contribution in [-0.2, 0) is 6.54 Å². The van der Waals surface area contributed by atoms with Crippen molar-refractivity contribution in [2.24, 2.45) is 5.73 Å². The number of hydrogen-bond acceptors (Lipinski definition) is 3. The fourth-order valence-corrected chi connectivity index (χ4v) is 2.82. The van der Waals surface area contributed by atoms with Gasteiger partial charge in [-0.1, -0.05) is 13.0 Å². The van der Waals surface area contributed by atoms with Crippen molar-refractivity contribution in [2.75, 3.05) is 5.75 Å². The summed E-state index contributed by atoms with van der Waals surface area (Å²) in [6.45, 7) is 4.34. The van der Waals surface area contributed by atoms with Crippen molar-refractivity contribution < 1.29 is 9.13 Å². The van der Waals surface area contributed by atoms with Gasteiger partial charge in [0.2, 0.25) is 0 Å². The minimum Gasteiger partial charge on any atom is -0.457 e. The normalized spacial score (nSPS) is 10.6. The van der Waals surface area contributed by atoms with Crippen molar-refractivity contribution in [3.63, 3.8) is 0 Å². The van der Waals surface area contributed by atoms with Crippen LogP contribution in [0.5, 0.6) is 11.5 Å². The van der Waals surface area contributed by atoms with Gasteiger partial charge in [-0.2, -0.15) is 0 Å². The number of benzene rings is 2. The van der Waals surface area contributed by atoms with Gasteiger partial charge in [-0.3, -0.25) is 0 Å². The van der Waals surface area contributed by atoms with Gasteiger partial charge in [-0.05, 0) is 48.6 Å². The van der Waals surface area contributed by atoms with Crippen molar-refractivity contribution in [3.8, 4) is 11.5 Å². The summed E-state index contributed by atoms with van der Waals surface area (Å²) in [5, 5.41) is 0. The van der Waals surface area contributed by atoms with E-state index in [1.54, 1.807) is 17.8 Å². The van der Waals surface area contributed by atoms with E-state index in [0.717, 1.165) is 27.5 Å². The average molecular weight is 291 g/mol. The first kappa shape index (κ1) is 14.9. The Balaban J connectivity index is 2.35. The summed E-state index contributed by atoms with van der Waals surface area (Å²) in [6.07, 6.45) is 0. The maximum Gasteiger partial charge on any atom is 0.133 e. The molecule has 0 aromatic heterocycles. The van der Waals surface area contributed by atoms with E-state index in [1.165, 1.54) is 12.1 Å². The lowest BCUT2D eigenvalue weighted by Gasteiger charge is -2.15. The molecular formula is C16H18FNOS. The topological polar surface area (TPSA) is 35.2 Å². The van der Waals surface area contributed by atoms with Gasteiger partial charge >= 0.3 is 0 Å². The van der Waals surface area contributed by atoms with Crippen LogP contribution in [0.1, 0.15) is 18.1 Å². The smallest absolute Gasteiger partial charge is 0.133 e. The fourth-order valence-electron chi connectivity index (χ4n) is 1.98. The third-order valence-electron chi connectivity index (χ3n) is 2.95. The molecule has 0 amide bonds. The molecule has 0 spiro atoms. The summed E-state index contributed by atoms with van der Waals surface area (Å²) in [5.41, 5.74) is 7.60. The number of ether oxygens (including phenoxy) is 1. The average Bonchev–Trinajstić information content (AvgIpc) is 2.42. The summed E-state index contributed by atoms with van der Waals surface area (Å²) in [6, 6.07) is 10.4. The van der Waals surface area contributed by atoms with Gasteiger partial charge in [0.05, 0.1) is 0 Å². The predicted octanol–water partition coefficient (Wildman–Crippen LogP) is 4.50. The molecule has 0 bridgehead atoms. The second-order valence-corrected chi connectivity index (χ2v) is 5.69. The van der Waals surface area contributed by atoms with Gasteiger partial charge in [-0.25, -0.2) is 4.39 Å². The van der Waals surface area contributed by atoms with E-state index < -0.39 is 0 Å². The van der Waals surface area contributed by atoms with Crippen molar-refractivity contribution in [3.05, 3.63) is 53.3 Å². The Hall–Kier alpha value is -1.52. The van der Waals surface area contributed by atoms with Crippen LogP contribution in [0, 0.1) is 12.7 Å². The molecule has 2 aromatic carbocycles. The molecule has 20 heavy (non-hydrogen) atoms. The van der Waals surface area contributed by atoms with Gasteiger partial charge in [-0.15, -0.1) is 11.8 Å². The molecule has 2 rings (SSSR count). The fraction of sp³-hybridized carbons (Fsp3) is 0.250. The monoisotopic (exact) mass is 291 g/mol. The zero-order valence-corrected chi connectivity index (χ0v) is 12.5. The van der Waals surface area contributed by atoms with Crippen LogP contribution in [0.2, 0.25) is 0 Å². The standard InChI is InChI=1S/C16H18FNOS/c1-3-20-16-6-4-5-15(13(16)10-18)19-14-8-7-12(17)9-11(14)2/h4-9H,3,10,18H2,1-2H3. The number of nitrogens with two attached hydrogens (primary N) is 1. The van der Waals surface area contributed by atoms with E-state index >= 15 is 0 Å². The number of hydrogen-bond donors (Lipinski definition) is 1. The van der Waals surface area contributed by atoms with Crippen LogP contribution in [0.3, 0.4) is 0 Å². The van der Waals surface area contributed by atoms with E-state index in [9.17, 15) is 4.39 Å². The molecule has 2 aromatic rings. The molecule has 2 nitrogen and oxygen atoms in total. The second-order valence-electron chi connectivity index (χ2n) is 4.38. The van der Waals surface area contributed by atoms with Crippen molar-refractivity contribution in [1.82, 2.24) is 0 Å². The van der Waals surface area contributed by atoms with Crippen LogP contribution in [-0.4, -0.2) is 5.75 Å². The third-order valence-corrected chi connectivity index (χ3v) is 3.93. The molecule has 0 saturated heterocycles. The quantitative estimate of drug-likeness (QED) is 0.824. The Morgan fingerprint density at radius 1 is 1.20 bits per heavy atom. The summed E-state index contributed by atoms with van der Waals surface area (Å²) in [7, 11) is 0. The summed E-state index contributed by atoms with van der Waals surface area (Å²) >= 11 is 1.74. The molecule has 106 valence electrons. The molecule has 0 saturated carbocycles. The molecule has 0 unspecified atom stereocenters. The Bertz CT molecular complexity index is 601. The van der Waals surface area contributed by atoms with Crippen LogP contribution in [0.4, 0.5) is 4.39 Å². The Labute approximate surface area is 123 Å². The van der Waals surface area contributed by atoms with E-state index in [-0.39, 0.29) is 5.82 Å². The largest absolute Gasteiger partial charge is 0.457 e. The zero-order chi connectivity index (χ0) is 14.5. The van der Waals surface area contributed by atoms with Crippen molar-refractivity contribution >= 4 is 11.8 Å². The van der Waals surface area contributed by atoms with Gasteiger partial charge in [0.15, 0.2) is 0 Å². The molecular weight excluding hydrogens is 273 g/mol. The van der Waals surface area contributed by atoms with Crippen LogP contribution in [0.15, 0.2) is 41.3 Å². The second kappa shape index (κ2) is 6.77. The molecule has 0 heterocycles. The molecule has 0 atom stereocenters. The van der Waals surface area contributed by atoms with Gasteiger partial charge < -0.3 is 10.5 Å². The van der Waals surface area contributed by atoms with Gasteiger partial charge in [0.1, 0.15) is 17.3 Å². The lowest BCUT2D eigenvalue weighted by molar-refractivity contribution is 0.468. The van der Waals surface area contributed by atoms with Crippen LogP contribution >= 0.6 is 11.8 Å². The number of aryl methyl sites for hydroxylation is 1. The maximum absolute atomic E-state index is 13.1. The SMILES string of the molecule is CCSc1cccc(Oc2ccc(F)cc2C)c1CN. The molecule has 2 N–H and O–H groups in total. The van der Waals surface area contributed by atoms with Crippen LogP contribution in [0.25, 0.3) is 0 Å². The molecule has 0 aliphatic carbocycles. The highest BCUT2D eigenvalue weighted by atomic mass is 32.2. The number of thioether (sulfide) groups is 1. The summed E-state index contributed by atoms with van der Waals surface area (Å²) in [5.74, 6) is 2.11. The molecule has 0 radical (unpaired) electrons. The Morgan fingerprint density at radius 3 is 2.65 bits per heavy atom. The minimum atomic E-state index is -0.260. The lowest BCUT2D eigenvalue weighted by atomic mass is 10.2. The first-order valence-electron chi connectivity index (χ1n) is 6.54. The summed E-state index contributed by atoms with van der Waals surface area (Å²) < 4.78 is 19.0. The van der Waals surface area contributed by atoms with E-state index in [0.29, 0.717) is 12.3 Å². The highest BCUT2D eigenvalue weighted by molar-refractivity contribution is 7.99. The summed E-state index contributed by atoms with van der Waals surface area (Å²) in [4.78, 5) is 1.13. The predicted molar refractivity (Wildman–Crippen MR) is 81.9 cm³/mol. The molecule has 0 fully saturated rings. The third kappa shape index (κ3) is 3.32. The minimum absolute atomic E-state index is 0.260. The van der Waals surface area contributed by atoms with E-state index in [1.807, 2.05) is 25.1 Å². The van der Waals surface area contributed by atoms with Crippen molar-refractivity contribution in [2.45, 2.75) is 25.3 Å². The Kier molecular flexibility index (Phi) is 5.04. The first-order valence-corrected chi connectivity index (χ1v) is 7.53. The number of rotatable bonds is 5. The Morgan fingerprint density at radius 2 is 2.00 bits per heavy atom. The zero-order valence-electron chi connectivity index (χ0n) is 11.7. The highest BCUT2D eigenvalue weighted by Gasteiger charge is 2.10. The van der Waals surface area contributed by atoms with E-state index in [2.05, 4.69) is 6.92 Å². The number of halogens is 1.